The van der Waals surface area contributed by atoms with E-state index in [0.29, 0.717) is 11.5 Å². The quantitative estimate of drug-likeness (QED) is 0.466. The highest BCUT2D eigenvalue weighted by molar-refractivity contribution is 7.99. The molecule has 0 saturated carbocycles. The molecular formula is C11H13FN2O2S2. The lowest BCUT2D eigenvalue weighted by Gasteiger charge is -2.07. The SMILES string of the molecule is C#CCSCCNS(=O)(=O)c1ccc(N)cc1F. The van der Waals surface area contributed by atoms with E-state index in [4.69, 9.17) is 12.2 Å². The zero-order valence-corrected chi connectivity index (χ0v) is 11.2. The second kappa shape index (κ2) is 6.64. The van der Waals surface area contributed by atoms with E-state index in [2.05, 4.69) is 10.6 Å². The molecule has 0 amide bonds. The summed E-state index contributed by atoms with van der Waals surface area (Å²) in [5.41, 5.74) is 5.53. The van der Waals surface area contributed by atoms with Crippen LogP contribution in [0.25, 0.3) is 0 Å². The van der Waals surface area contributed by atoms with E-state index in [1.54, 1.807) is 0 Å². The van der Waals surface area contributed by atoms with Crippen LogP contribution in [0, 0.1) is 18.2 Å². The van der Waals surface area contributed by atoms with Crippen LogP contribution in [0.15, 0.2) is 23.1 Å². The fourth-order valence-electron chi connectivity index (χ4n) is 1.19. The van der Waals surface area contributed by atoms with Gasteiger partial charge in [0.05, 0.1) is 5.75 Å². The number of anilines is 1. The summed E-state index contributed by atoms with van der Waals surface area (Å²) in [6.45, 7) is 0.193. The molecule has 7 heteroatoms. The first-order valence-corrected chi connectivity index (χ1v) is 7.67. The van der Waals surface area contributed by atoms with Gasteiger partial charge in [-0.05, 0) is 18.2 Å². The van der Waals surface area contributed by atoms with Gasteiger partial charge in [-0.3, -0.25) is 0 Å². The number of hydrogen-bond acceptors (Lipinski definition) is 4. The third-order valence-electron chi connectivity index (χ3n) is 1.97. The maximum Gasteiger partial charge on any atom is 0.243 e. The second-order valence-corrected chi connectivity index (χ2v) is 6.18. The maximum absolute atomic E-state index is 13.4. The first kappa shape index (κ1) is 14.8. The largest absolute Gasteiger partial charge is 0.399 e. The number of terminal acetylenes is 1. The highest BCUT2D eigenvalue weighted by Gasteiger charge is 2.18. The molecule has 0 unspecified atom stereocenters. The predicted molar refractivity (Wildman–Crippen MR) is 72.2 cm³/mol. The second-order valence-electron chi connectivity index (χ2n) is 3.34. The van der Waals surface area contributed by atoms with Gasteiger partial charge in [-0.25, -0.2) is 17.5 Å². The molecule has 18 heavy (non-hydrogen) atoms. The van der Waals surface area contributed by atoms with Crippen LogP contribution in [-0.4, -0.2) is 26.5 Å². The van der Waals surface area contributed by atoms with Crippen molar-refractivity contribution in [2.24, 2.45) is 0 Å². The molecule has 0 radical (unpaired) electrons. The summed E-state index contributed by atoms with van der Waals surface area (Å²) in [7, 11) is -3.84. The van der Waals surface area contributed by atoms with Gasteiger partial charge >= 0.3 is 0 Å². The van der Waals surface area contributed by atoms with E-state index in [9.17, 15) is 12.8 Å². The first-order valence-electron chi connectivity index (χ1n) is 5.03. The maximum atomic E-state index is 13.4. The summed E-state index contributed by atoms with van der Waals surface area (Å²) in [6.07, 6.45) is 5.05. The summed E-state index contributed by atoms with van der Waals surface area (Å²) < 4.78 is 39.3. The smallest absolute Gasteiger partial charge is 0.243 e. The normalized spacial score (nSPS) is 11.1. The Hall–Kier alpha value is -1.23. The van der Waals surface area contributed by atoms with Crippen LogP contribution in [0.5, 0.6) is 0 Å². The molecule has 1 rings (SSSR count). The number of halogens is 1. The number of benzene rings is 1. The number of nitrogen functional groups attached to an aromatic ring is 1. The number of sulfonamides is 1. The van der Waals surface area contributed by atoms with Gasteiger partial charge in [-0.1, -0.05) is 5.92 Å². The van der Waals surface area contributed by atoms with Crippen LogP contribution in [-0.2, 0) is 10.0 Å². The predicted octanol–water partition coefficient (Wildman–Crippen LogP) is 1.05. The van der Waals surface area contributed by atoms with E-state index in [-0.39, 0.29) is 12.2 Å². The summed E-state index contributed by atoms with van der Waals surface area (Å²) in [5.74, 6) is 2.60. The van der Waals surface area contributed by atoms with Gasteiger partial charge in [0.1, 0.15) is 10.7 Å². The minimum absolute atomic E-state index is 0.177. The van der Waals surface area contributed by atoms with Crippen LogP contribution in [0.1, 0.15) is 0 Å². The monoisotopic (exact) mass is 288 g/mol. The van der Waals surface area contributed by atoms with Gasteiger partial charge in [0.2, 0.25) is 10.0 Å². The molecule has 0 atom stereocenters. The molecule has 0 aliphatic rings. The van der Waals surface area contributed by atoms with Gasteiger partial charge in [0, 0.05) is 18.0 Å². The number of nitrogens with one attached hydrogen (secondary N) is 1. The Labute approximate surface area is 110 Å². The molecule has 0 spiro atoms. The third-order valence-corrected chi connectivity index (χ3v) is 4.33. The molecule has 0 aliphatic carbocycles. The summed E-state index contributed by atoms with van der Waals surface area (Å²) in [5, 5.41) is 0. The van der Waals surface area contributed by atoms with E-state index >= 15 is 0 Å². The van der Waals surface area contributed by atoms with Crippen LogP contribution in [0.3, 0.4) is 0 Å². The molecule has 98 valence electrons. The van der Waals surface area contributed by atoms with Crippen molar-refractivity contribution in [2.75, 3.05) is 23.8 Å². The molecule has 0 saturated heterocycles. The highest BCUT2D eigenvalue weighted by atomic mass is 32.2. The van der Waals surface area contributed by atoms with Gasteiger partial charge in [-0.2, -0.15) is 0 Å². The van der Waals surface area contributed by atoms with Crippen molar-refractivity contribution in [2.45, 2.75) is 4.90 Å². The first-order chi connectivity index (χ1) is 8.47. The highest BCUT2D eigenvalue weighted by Crippen LogP contribution is 2.16. The number of nitrogens with two attached hydrogens (primary N) is 1. The average molecular weight is 288 g/mol. The topological polar surface area (TPSA) is 72.2 Å². The van der Waals surface area contributed by atoms with Crippen LogP contribution in [0.2, 0.25) is 0 Å². The Balaban J connectivity index is 2.66. The minimum atomic E-state index is -3.84. The van der Waals surface area contributed by atoms with Crippen molar-refractivity contribution in [3.8, 4) is 12.3 Å². The lowest BCUT2D eigenvalue weighted by atomic mass is 10.3. The van der Waals surface area contributed by atoms with Crippen molar-refractivity contribution in [1.82, 2.24) is 4.72 Å². The van der Waals surface area contributed by atoms with E-state index in [1.165, 1.54) is 17.8 Å². The summed E-state index contributed by atoms with van der Waals surface area (Å²) in [6, 6.07) is 3.45. The van der Waals surface area contributed by atoms with Crippen molar-refractivity contribution in [1.29, 1.82) is 0 Å². The standard InChI is InChI=1S/C11H13FN2O2S2/c1-2-6-17-7-5-14-18(15,16)11-4-3-9(13)8-10(11)12/h1,3-4,8,14H,5-7,13H2. The lowest BCUT2D eigenvalue weighted by molar-refractivity contribution is 0.559. The zero-order valence-electron chi connectivity index (χ0n) is 9.52. The Kier molecular flexibility index (Phi) is 5.47. The molecule has 4 nitrogen and oxygen atoms in total. The van der Waals surface area contributed by atoms with Crippen molar-refractivity contribution in [3.63, 3.8) is 0 Å². The molecule has 0 heterocycles. The van der Waals surface area contributed by atoms with Crippen LogP contribution < -0.4 is 10.5 Å². The molecule has 1 aromatic carbocycles. The summed E-state index contributed by atoms with van der Waals surface area (Å²) >= 11 is 1.42. The number of hydrogen-bond donors (Lipinski definition) is 2. The molecular weight excluding hydrogens is 275 g/mol. The van der Waals surface area contributed by atoms with Crippen molar-refractivity contribution < 1.29 is 12.8 Å². The van der Waals surface area contributed by atoms with E-state index in [1.807, 2.05) is 0 Å². The summed E-state index contributed by atoms with van der Waals surface area (Å²) in [4.78, 5) is -0.404. The number of thioether (sulfide) groups is 1. The third kappa shape index (κ3) is 4.22. The molecule has 1 aromatic rings. The van der Waals surface area contributed by atoms with Gasteiger partial charge in [0.15, 0.2) is 0 Å². The van der Waals surface area contributed by atoms with Crippen LogP contribution >= 0.6 is 11.8 Å². The Bertz CT molecular complexity index is 553. The molecule has 3 N–H and O–H groups in total. The van der Waals surface area contributed by atoms with Gasteiger partial charge in [0.25, 0.3) is 0 Å². The Morgan fingerprint density at radius 3 is 2.83 bits per heavy atom. The average Bonchev–Trinajstić information content (AvgIpc) is 2.28. The fourth-order valence-corrected chi connectivity index (χ4v) is 2.92. The Morgan fingerprint density at radius 1 is 1.50 bits per heavy atom. The fraction of sp³-hybridized carbons (Fsp3) is 0.273. The van der Waals surface area contributed by atoms with Gasteiger partial charge in [-0.15, -0.1) is 18.2 Å². The zero-order chi connectivity index (χ0) is 13.6. The minimum Gasteiger partial charge on any atom is -0.399 e. The van der Waals surface area contributed by atoms with Crippen LogP contribution in [0.4, 0.5) is 10.1 Å². The lowest BCUT2D eigenvalue weighted by Crippen LogP contribution is -2.27. The molecule has 0 aromatic heterocycles. The van der Waals surface area contributed by atoms with E-state index < -0.39 is 20.7 Å². The van der Waals surface area contributed by atoms with Gasteiger partial charge < -0.3 is 5.73 Å². The molecule has 0 aliphatic heterocycles. The van der Waals surface area contributed by atoms with Crippen molar-refractivity contribution in [3.05, 3.63) is 24.0 Å². The van der Waals surface area contributed by atoms with E-state index in [0.717, 1.165) is 12.1 Å². The molecule has 0 bridgehead atoms. The Morgan fingerprint density at radius 2 is 2.22 bits per heavy atom. The molecule has 0 fully saturated rings. The van der Waals surface area contributed by atoms with Crippen molar-refractivity contribution >= 4 is 27.5 Å². The number of rotatable bonds is 6.